The van der Waals surface area contributed by atoms with Crippen molar-refractivity contribution in [2.24, 2.45) is 0 Å². The third kappa shape index (κ3) is 2.82. The first-order chi connectivity index (χ1) is 9.65. The Morgan fingerprint density at radius 2 is 1.95 bits per heavy atom. The van der Waals surface area contributed by atoms with E-state index in [0.717, 1.165) is 28.0 Å². The van der Waals surface area contributed by atoms with E-state index < -0.39 is 0 Å². The summed E-state index contributed by atoms with van der Waals surface area (Å²) in [5, 5.41) is 0. The number of hydrogen-bond acceptors (Lipinski definition) is 3. The Morgan fingerprint density at radius 1 is 1.20 bits per heavy atom. The molecule has 1 saturated carbocycles. The van der Waals surface area contributed by atoms with Gasteiger partial charge in [-0.25, -0.2) is 0 Å². The van der Waals surface area contributed by atoms with Gasteiger partial charge in [-0.15, -0.1) is 0 Å². The quantitative estimate of drug-likeness (QED) is 0.753. The molecule has 1 aliphatic carbocycles. The highest BCUT2D eigenvalue weighted by Crippen LogP contribution is 2.35. The van der Waals surface area contributed by atoms with Crippen molar-refractivity contribution in [3.05, 3.63) is 38.7 Å². The molecule has 3 rings (SSSR count). The summed E-state index contributed by atoms with van der Waals surface area (Å²) in [6.45, 7) is 4.20. The van der Waals surface area contributed by atoms with Gasteiger partial charge >= 0.3 is 0 Å². The molecule has 2 aromatic rings. The predicted octanol–water partition coefficient (Wildman–Crippen LogP) is 5.28. The van der Waals surface area contributed by atoms with E-state index >= 15 is 0 Å². The van der Waals surface area contributed by atoms with Crippen molar-refractivity contribution in [2.75, 3.05) is 0 Å². The second-order valence-electron chi connectivity index (χ2n) is 5.46. The summed E-state index contributed by atoms with van der Waals surface area (Å²) in [5.74, 6) is 1.68. The SMILES string of the molecule is Cc1nc(-c2nsc(C)c2C[C]2CCCC2)ccc1Br. The van der Waals surface area contributed by atoms with Crippen LogP contribution in [0.2, 0.25) is 0 Å². The van der Waals surface area contributed by atoms with Crippen LogP contribution in [0.15, 0.2) is 16.6 Å². The van der Waals surface area contributed by atoms with Gasteiger partial charge in [0.1, 0.15) is 5.69 Å². The van der Waals surface area contributed by atoms with Crippen LogP contribution in [0, 0.1) is 19.8 Å². The van der Waals surface area contributed by atoms with Crippen LogP contribution in [0.4, 0.5) is 0 Å². The molecule has 0 N–H and O–H groups in total. The Bertz CT molecular complexity index is 615. The molecular formula is C16H18BrN2S. The van der Waals surface area contributed by atoms with Crippen LogP contribution in [0.1, 0.15) is 41.8 Å². The second kappa shape index (κ2) is 5.94. The summed E-state index contributed by atoms with van der Waals surface area (Å²) in [4.78, 5) is 6.01. The van der Waals surface area contributed by atoms with Crippen molar-refractivity contribution in [1.82, 2.24) is 9.36 Å². The molecule has 0 spiro atoms. The van der Waals surface area contributed by atoms with Gasteiger partial charge in [0.2, 0.25) is 0 Å². The standard InChI is InChI=1S/C16H18BrN2S/c1-10-14(17)7-8-15(18-10)16-13(11(2)20-19-16)9-12-5-3-4-6-12/h7-8H,3-6,9H2,1-2H3. The molecule has 1 radical (unpaired) electrons. The first-order valence-electron chi connectivity index (χ1n) is 7.07. The normalized spacial score (nSPS) is 15.9. The van der Waals surface area contributed by atoms with Crippen LogP contribution >= 0.6 is 27.5 Å². The third-order valence-electron chi connectivity index (χ3n) is 3.99. The zero-order valence-electron chi connectivity index (χ0n) is 11.9. The minimum absolute atomic E-state index is 1.00. The Kier molecular flexibility index (Phi) is 4.22. The van der Waals surface area contributed by atoms with Crippen LogP contribution in [0.5, 0.6) is 0 Å². The van der Waals surface area contributed by atoms with E-state index in [0.29, 0.717) is 0 Å². The number of halogens is 1. The van der Waals surface area contributed by atoms with E-state index in [1.165, 1.54) is 36.1 Å². The fourth-order valence-corrected chi connectivity index (χ4v) is 3.71. The molecule has 0 aromatic carbocycles. The monoisotopic (exact) mass is 349 g/mol. The highest BCUT2D eigenvalue weighted by Gasteiger charge is 2.21. The number of aryl methyl sites for hydroxylation is 2. The van der Waals surface area contributed by atoms with Gasteiger partial charge in [0.25, 0.3) is 0 Å². The lowest BCUT2D eigenvalue weighted by Crippen LogP contribution is -1.99. The fraction of sp³-hybridized carbons (Fsp3) is 0.438. The van der Waals surface area contributed by atoms with Gasteiger partial charge in [0, 0.05) is 9.35 Å². The van der Waals surface area contributed by atoms with Gasteiger partial charge < -0.3 is 0 Å². The molecule has 0 unspecified atom stereocenters. The van der Waals surface area contributed by atoms with Gasteiger partial charge in [0.05, 0.1) is 11.4 Å². The van der Waals surface area contributed by atoms with Crippen molar-refractivity contribution in [3.8, 4) is 11.4 Å². The van der Waals surface area contributed by atoms with Gasteiger partial charge in [-0.05, 0) is 84.2 Å². The minimum Gasteiger partial charge on any atom is -0.250 e. The summed E-state index contributed by atoms with van der Waals surface area (Å²) >= 11 is 5.12. The fourth-order valence-electron chi connectivity index (χ4n) is 2.78. The minimum atomic E-state index is 1.00. The van der Waals surface area contributed by atoms with Crippen molar-refractivity contribution in [2.45, 2.75) is 46.0 Å². The van der Waals surface area contributed by atoms with Crippen molar-refractivity contribution >= 4 is 27.5 Å². The largest absolute Gasteiger partial charge is 0.250 e. The summed E-state index contributed by atoms with van der Waals surface area (Å²) in [6.07, 6.45) is 6.39. The third-order valence-corrected chi connectivity index (χ3v) is 5.62. The molecular weight excluding hydrogens is 332 g/mol. The van der Waals surface area contributed by atoms with Crippen LogP contribution in [0.3, 0.4) is 0 Å². The molecule has 2 nitrogen and oxygen atoms in total. The van der Waals surface area contributed by atoms with Gasteiger partial charge in [-0.2, -0.15) is 4.37 Å². The van der Waals surface area contributed by atoms with Crippen molar-refractivity contribution in [3.63, 3.8) is 0 Å². The van der Waals surface area contributed by atoms with Crippen LogP contribution < -0.4 is 0 Å². The smallest absolute Gasteiger partial charge is 0.106 e. The molecule has 1 fully saturated rings. The Labute approximate surface area is 132 Å². The summed E-state index contributed by atoms with van der Waals surface area (Å²) < 4.78 is 5.70. The molecule has 0 aliphatic heterocycles. The van der Waals surface area contributed by atoms with Crippen LogP contribution in [0.25, 0.3) is 11.4 Å². The predicted molar refractivity (Wildman–Crippen MR) is 87.9 cm³/mol. The lowest BCUT2D eigenvalue weighted by atomic mass is 9.96. The first kappa shape index (κ1) is 14.2. The number of aromatic nitrogens is 2. The Morgan fingerprint density at radius 3 is 2.65 bits per heavy atom. The topological polar surface area (TPSA) is 25.8 Å². The van der Waals surface area contributed by atoms with E-state index in [1.54, 1.807) is 17.5 Å². The maximum Gasteiger partial charge on any atom is 0.106 e. The van der Waals surface area contributed by atoms with Crippen molar-refractivity contribution in [1.29, 1.82) is 0 Å². The van der Waals surface area contributed by atoms with E-state index in [2.05, 4.69) is 44.3 Å². The number of rotatable bonds is 3. The number of nitrogens with zero attached hydrogens (tertiary/aromatic N) is 2. The summed E-state index contributed by atoms with van der Waals surface area (Å²) in [5.41, 5.74) is 4.50. The Balaban J connectivity index is 1.94. The summed E-state index contributed by atoms with van der Waals surface area (Å²) in [7, 11) is 0. The van der Waals surface area contributed by atoms with E-state index in [9.17, 15) is 0 Å². The lowest BCUT2D eigenvalue weighted by molar-refractivity contribution is 0.836. The molecule has 4 heteroatoms. The molecule has 2 aromatic heterocycles. The average molecular weight is 350 g/mol. The van der Waals surface area contributed by atoms with E-state index in [4.69, 9.17) is 0 Å². The van der Waals surface area contributed by atoms with E-state index in [-0.39, 0.29) is 0 Å². The van der Waals surface area contributed by atoms with E-state index in [1.807, 2.05) is 6.92 Å². The number of hydrogen-bond donors (Lipinski definition) is 0. The molecule has 1 aliphatic rings. The molecule has 105 valence electrons. The van der Waals surface area contributed by atoms with Crippen LogP contribution in [-0.4, -0.2) is 9.36 Å². The number of pyridine rings is 1. The molecule has 20 heavy (non-hydrogen) atoms. The second-order valence-corrected chi connectivity index (χ2v) is 7.30. The lowest BCUT2D eigenvalue weighted by Gasteiger charge is -2.10. The summed E-state index contributed by atoms with van der Waals surface area (Å²) in [6, 6.07) is 4.13. The highest BCUT2D eigenvalue weighted by molar-refractivity contribution is 9.10. The molecule has 0 atom stereocenters. The van der Waals surface area contributed by atoms with Gasteiger partial charge in [-0.3, -0.25) is 4.98 Å². The zero-order chi connectivity index (χ0) is 14.1. The maximum atomic E-state index is 4.68. The molecule has 0 bridgehead atoms. The molecule has 2 heterocycles. The van der Waals surface area contributed by atoms with Gasteiger partial charge in [-0.1, -0.05) is 12.8 Å². The van der Waals surface area contributed by atoms with Crippen molar-refractivity contribution < 1.29 is 0 Å². The molecule has 0 saturated heterocycles. The zero-order valence-corrected chi connectivity index (χ0v) is 14.3. The van der Waals surface area contributed by atoms with Gasteiger partial charge in [0.15, 0.2) is 0 Å². The Hall–Kier alpha value is -0.740. The first-order valence-corrected chi connectivity index (χ1v) is 8.64. The average Bonchev–Trinajstić information content (AvgIpc) is 3.05. The maximum absolute atomic E-state index is 4.68. The van der Waals surface area contributed by atoms with Crippen LogP contribution in [-0.2, 0) is 6.42 Å². The molecule has 0 amide bonds. The highest BCUT2D eigenvalue weighted by atomic mass is 79.9.